The lowest BCUT2D eigenvalue weighted by atomic mass is 9.73. The van der Waals surface area contributed by atoms with Gasteiger partial charge in [0.15, 0.2) is 0 Å². The SMILES string of the molecule is BrC1CCC2(CCCC2)CC1. The van der Waals surface area contributed by atoms with Crippen molar-refractivity contribution >= 4 is 15.9 Å². The maximum absolute atomic E-state index is 3.72. The summed E-state index contributed by atoms with van der Waals surface area (Å²) in [7, 11) is 0. The van der Waals surface area contributed by atoms with Crippen molar-refractivity contribution < 1.29 is 0 Å². The van der Waals surface area contributed by atoms with Gasteiger partial charge < -0.3 is 0 Å². The zero-order valence-corrected chi connectivity index (χ0v) is 8.70. The third kappa shape index (κ3) is 1.63. The molecule has 0 radical (unpaired) electrons. The first-order valence-electron chi connectivity index (χ1n) is 4.95. The molecule has 0 amide bonds. The molecule has 11 heavy (non-hydrogen) atoms. The fraction of sp³-hybridized carbons (Fsp3) is 1.00. The summed E-state index contributed by atoms with van der Waals surface area (Å²) < 4.78 is 0. The van der Waals surface area contributed by atoms with Gasteiger partial charge in [-0.25, -0.2) is 0 Å². The highest BCUT2D eigenvalue weighted by molar-refractivity contribution is 9.09. The predicted molar refractivity (Wildman–Crippen MR) is 52.1 cm³/mol. The van der Waals surface area contributed by atoms with Crippen LogP contribution < -0.4 is 0 Å². The summed E-state index contributed by atoms with van der Waals surface area (Å²) in [6.07, 6.45) is 11.9. The largest absolute Gasteiger partial charge is 0.0891 e. The molecule has 0 saturated heterocycles. The Hall–Kier alpha value is 0.480. The van der Waals surface area contributed by atoms with Crippen LogP contribution in [0.3, 0.4) is 0 Å². The second-order valence-corrected chi connectivity index (χ2v) is 5.68. The summed E-state index contributed by atoms with van der Waals surface area (Å²) in [5, 5.41) is 0. The molecule has 2 rings (SSSR count). The molecule has 0 aliphatic heterocycles. The van der Waals surface area contributed by atoms with Crippen LogP contribution >= 0.6 is 15.9 Å². The van der Waals surface area contributed by atoms with E-state index in [1.165, 1.54) is 51.4 Å². The summed E-state index contributed by atoms with van der Waals surface area (Å²) >= 11 is 3.72. The van der Waals surface area contributed by atoms with Crippen LogP contribution in [0.1, 0.15) is 51.4 Å². The van der Waals surface area contributed by atoms with E-state index >= 15 is 0 Å². The van der Waals surface area contributed by atoms with E-state index in [4.69, 9.17) is 0 Å². The number of halogens is 1. The molecule has 0 bridgehead atoms. The fourth-order valence-corrected chi connectivity index (χ4v) is 3.28. The van der Waals surface area contributed by atoms with Gasteiger partial charge in [-0.15, -0.1) is 0 Å². The van der Waals surface area contributed by atoms with Crippen LogP contribution in [-0.4, -0.2) is 4.83 Å². The molecule has 2 aliphatic rings. The molecular formula is C10H17Br. The number of hydrogen-bond acceptors (Lipinski definition) is 0. The summed E-state index contributed by atoms with van der Waals surface area (Å²) in [6, 6.07) is 0. The molecule has 1 heteroatoms. The number of alkyl halides is 1. The van der Waals surface area contributed by atoms with E-state index in [1.807, 2.05) is 0 Å². The van der Waals surface area contributed by atoms with E-state index < -0.39 is 0 Å². The van der Waals surface area contributed by atoms with Gasteiger partial charge in [0.1, 0.15) is 0 Å². The molecule has 2 saturated carbocycles. The Bertz CT molecular complexity index is 126. The van der Waals surface area contributed by atoms with Crippen molar-refractivity contribution in [1.82, 2.24) is 0 Å². The molecule has 0 heterocycles. The van der Waals surface area contributed by atoms with Gasteiger partial charge in [-0.1, -0.05) is 28.8 Å². The number of hydrogen-bond donors (Lipinski definition) is 0. The molecule has 0 aromatic carbocycles. The quantitative estimate of drug-likeness (QED) is 0.540. The van der Waals surface area contributed by atoms with Gasteiger partial charge in [-0.05, 0) is 43.9 Å². The average Bonchev–Trinajstić information content (AvgIpc) is 2.45. The molecular weight excluding hydrogens is 200 g/mol. The molecule has 0 atom stereocenters. The second kappa shape index (κ2) is 3.08. The maximum atomic E-state index is 3.72. The fourth-order valence-electron chi connectivity index (χ4n) is 2.82. The summed E-state index contributed by atoms with van der Waals surface area (Å²) in [5.41, 5.74) is 0.824. The molecule has 2 aliphatic carbocycles. The van der Waals surface area contributed by atoms with Crippen LogP contribution in [0.4, 0.5) is 0 Å². The first-order valence-corrected chi connectivity index (χ1v) is 5.86. The highest BCUT2D eigenvalue weighted by Gasteiger charge is 2.36. The van der Waals surface area contributed by atoms with Gasteiger partial charge >= 0.3 is 0 Å². The van der Waals surface area contributed by atoms with Gasteiger partial charge in [0, 0.05) is 4.83 Å². The lowest BCUT2D eigenvalue weighted by Gasteiger charge is -2.35. The van der Waals surface area contributed by atoms with Gasteiger partial charge in [-0.2, -0.15) is 0 Å². The zero-order chi connectivity index (χ0) is 7.73. The highest BCUT2D eigenvalue weighted by Crippen LogP contribution is 2.49. The predicted octanol–water partition coefficient (Wildman–Crippen LogP) is 3.88. The molecule has 2 fully saturated rings. The standard InChI is InChI=1S/C10H17Br/c11-9-3-7-10(8-4-9)5-1-2-6-10/h9H,1-8H2. The summed E-state index contributed by atoms with van der Waals surface area (Å²) in [6.45, 7) is 0. The monoisotopic (exact) mass is 216 g/mol. The smallest absolute Gasteiger partial charge is 0.0146 e. The Labute approximate surface area is 77.9 Å². The Morgan fingerprint density at radius 2 is 1.45 bits per heavy atom. The van der Waals surface area contributed by atoms with Crippen molar-refractivity contribution in [3.63, 3.8) is 0 Å². The molecule has 0 nitrogen and oxygen atoms in total. The molecule has 0 N–H and O–H groups in total. The first-order chi connectivity index (χ1) is 5.31. The van der Waals surface area contributed by atoms with Crippen LogP contribution in [0.25, 0.3) is 0 Å². The van der Waals surface area contributed by atoms with Crippen molar-refractivity contribution in [3.8, 4) is 0 Å². The highest BCUT2D eigenvalue weighted by atomic mass is 79.9. The number of rotatable bonds is 0. The summed E-state index contributed by atoms with van der Waals surface area (Å²) in [4.78, 5) is 0.841. The lowest BCUT2D eigenvalue weighted by Crippen LogP contribution is -2.24. The third-order valence-electron chi connectivity index (χ3n) is 3.64. The second-order valence-electron chi connectivity index (χ2n) is 4.38. The minimum absolute atomic E-state index is 0.824. The van der Waals surface area contributed by atoms with Crippen LogP contribution in [0.2, 0.25) is 0 Å². The maximum Gasteiger partial charge on any atom is 0.0146 e. The first kappa shape index (κ1) is 8.10. The van der Waals surface area contributed by atoms with Crippen molar-refractivity contribution in [2.45, 2.75) is 56.2 Å². The molecule has 0 aromatic heterocycles. The Balaban J connectivity index is 1.94. The van der Waals surface area contributed by atoms with Crippen LogP contribution in [0.15, 0.2) is 0 Å². The Morgan fingerprint density at radius 3 is 2.00 bits per heavy atom. The Kier molecular flexibility index (Phi) is 2.27. The normalized spacial score (nSPS) is 31.4. The molecule has 64 valence electrons. The van der Waals surface area contributed by atoms with Gasteiger partial charge in [0.2, 0.25) is 0 Å². The molecule has 0 aromatic rings. The molecule has 0 unspecified atom stereocenters. The van der Waals surface area contributed by atoms with Gasteiger partial charge in [0.25, 0.3) is 0 Å². The summed E-state index contributed by atoms with van der Waals surface area (Å²) in [5.74, 6) is 0. The topological polar surface area (TPSA) is 0 Å². The van der Waals surface area contributed by atoms with Crippen molar-refractivity contribution in [3.05, 3.63) is 0 Å². The Morgan fingerprint density at radius 1 is 0.909 bits per heavy atom. The van der Waals surface area contributed by atoms with Gasteiger partial charge in [-0.3, -0.25) is 0 Å². The van der Waals surface area contributed by atoms with E-state index in [-0.39, 0.29) is 0 Å². The van der Waals surface area contributed by atoms with E-state index in [1.54, 1.807) is 0 Å². The zero-order valence-electron chi connectivity index (χ0n) is 7.11. The van der Waals surface area contributed by atoms with Crippen molar-refractivity contribution in [2.75, 3.05) is 0 Å². The van der Waals surface area contributed by atoms with E-state index in [9.17, 15) is 0 Å². The van der Waals surface area contributed by atoms with E-state index in [0.717, 1.165) is 10.2 Å². The van der Waals surface area contributed by atoms with E-state index in [0.29, 0.717) is 0 Å². The van der Waals surface area contributed by atoms with Crippen LogP contribution in [-0.2, 0) is 0 Å². The van der Waals surface area contributed by atoms with Gasteiger partial charge in [0.05, 0.1) is 0 Å². The van der Waals surface area contributed by atoms with Crippen LogP contribution in [0, 0.1) is 5.41 Å². The minimum atomic E-state index is 0.824. The van der Waals surface area contributed by atoms with Crippen molar-refractivity contribution in [2.24, 2.45) is 5.41 Å². The average molecular weight is 217 g/mol. The molecule has 1 spiro atoms. The van der Waals surface area contributed by atoms with E-state index in [2.05, 4.69) is 15.9 Å². The van der Waals surface area contributed by atoms with Crippen molar-refractivity contribution in [1.29, 1.82) is 0 Å². The third-order valence-corrected chi connectivity index (χ3v) is 4.56. The minimum Gasteiger partial charge on any atom is -0.0891 e. The van der Waals surface area contributed by atoms with Crippen LogP contribution in [0.5, 0.6) is 0 Å². The lowest BCUT2D eigenvalue weighted by molar-refractivity contribution is 0.202.